The molecule has 16 fully saturated rings. The van der Waals surface area contributed by atoms with Crippen LogP contribution in [0.2, 0.25) is 0 Å². The van der Waals surface area contributed by atoms with Gasteiger partial charge in [-0.05, 0) is 257 Å². The molecule has 6 saturated heterocycles. The molecule has 2 unspecified atom stereocenters. The van der Waals surface area contributed by atoms with Crippen LogP contribution in [0, 0.1) is 118 Å². The van der Waals surface area contributed by atoms with Gasteiger partial charge >= 0.3 is 23.7 Å². The predicted molar refractivity (Wildman–Crippen MR) is 390 cm³/mol. The number of nitrogens with zero attached hydrogens (tertiary/aromatic N) is 4. The van der Waals surface area contributed by atoms with Crippen molar-refractivity contribution in [2.45, 2.75) is 279 Å². The molecular weight excluding hydrogens is 1330 g/mol. The van der Waals surface area contributed by atoms with Crippen molar-refractivity contribution >= 4 is 41.0 Å². The van der Waals surface area contributed by atoms with Gasteiger partial charge in [0.15, 0.2) is 6.10 Å². The summed E-state index contributed by atoms with van der Waals surface area (Å²) in [5.41, 5.74) is 0.407. The average Bonchev–Trinajstić information content (AvgIpc) is 1.47. The lowest BCUT2D eigenvalue weighted by Gasteiger charge is -2.63. The van der Waals surface area contributed by atoms with Crippen LogP contribution >= 0.6 is 11.6 Å². The van der Waals surface area contributed by atoms with Crippen LogP contribution in [0.4, 0.5) is 24.9 Å². The van der Waals surface area contributed by atoms with E-state index in [4.69, 9.17) is 35.3 Å². The number of halogens is 1. The molecule has 1 aromatic carbocycles. The van der Waals surface area contributed by atoms with E-state index < -0.39 is 28.7 Å². The van der Waals surface area contributed by atoms with Crippen LogP contribution in [0.25, 0.3) is 0 Å². The molecule has 103 heavy (non-hydrogen) atoms. The van der Waals surface area contributed by atoms with E-state index in [-0.39, 0.29) is 122 Å². The van der Waals surface area contributed by atoms with Gasteiger partial charge in [-0.25, -0.2) is 19.2 Å². The maximum Gasteiger partial charge on any atom is 0.410 e. The molecule has 0 bridgehead atoms. The lowest BCUT2D eigenvalue weighted by molar-refractivity contribution is -0.384. The molecule has 20 nitrogen and oxygen atoms in total. The average molecular weight is 1460 g/mol. The highest BCUT2D eigenvalue weighted by Gasteiger charge is 2.87. The zero-order chi connectivity index (χ0) is 73.9. The molecule has 4 N–H and O–H groups in total. The van der Waals surface area contributed by atoms with Crippen LogP contribution in [-0.4, -0.2) is 172 Å². The molecule has 4 spiro atoms. The first-order valence-electron chi connectivity index (χ1n) is 40.2. The van der Waals surface area contributed by atoms with Crippen LogP contribution in [0.15, 0.2) is 36.4 Å². The van der Waals surface area contributed by atoms with E-state index in [0.717, 1.165) is 141 Å². The number of carbonyl (C=O) groups excluding carboxylic acids is 4. The summed E-state index contributed by atoms with van der Waals surface area (Å²) in [4.78, 5) is 63.9. The quantitative estimate of drug-likeness (QED) is 0.0590. The van der Waals surface area contributed by atoms with Crippen molar-refractivity contribution in [3.63, 3.8) is 0 Å². The molecule has 16 aliphatic rings. The first-order valence-corrected chi connectivity index (χ1v) is 40.6. The predicted octanol–water partition coefficient (Wildman–Crippen LogP) is 15.1. The number of aliphatic hydroxyl groups is 3. The summed E-state index contributed by atoms with van der Waals surface area (Å²) in [6.07, 6.45) is 18.6. The van der Waals surface area contributed by atoms with Gasteiger partial charge in [-0.2, -0.15) is 0 Å². The third-order valence-corrected chi connectivity index (χ3v) is 33.5. The molecule has 0 radical (unpaired) electrons. The zero-order valence-electron chi connectivity index (χ0n) is 64.2. The third kappa shape index (κ3) is 11.4. The van der Waals surface area contributed by atoms with Crippen molar-refractivity contribution in [2.24, 2.45) is 107 Å². The normalized spacial score (nSPS) is 45.8. The number of aliphatic hydroxyl groups excluding tert-OH is 3. The first kappa shape index (κ1) is 75.5. The van der Waals surface area contributed by atoms with Crippen LogP contribution in [0.5, 0.6) is 5.75 Å². The number of likely N-dealkylation sites (tertiary alicyclic amines) is 3. The fourth-order valence-corrected chi connectivity index (χ4v) is 27.5. The number of nitrogens with one attached hydrogen (secondary N) is 1. The molecule has 574 valence electrons. The van der Waals surface area contributed by atoms with Crippen LogP contribution < -0.4 is 10.1 Å². The number of rotatable bonds is 9. The van der Waals surface area contributed by atoms with Crippen molar-refractivity contribution < 1.29 is 67.8 Å². The molecule has 17 rings (SSSR count). The molecule has 6 aliphatic heterocycles. The molecule has 6 heterocycles. The molecule has 10 saturated carbocycles. The van der Waals surface area contributed by atoms with Crippen molar-refractivity contribution in [1.82, 2.24) is 20.0 Å². The Morgan fingerprint density at radius 2 is 1.04 bits per heavy atom. The second kappa shape index (κ2) is 26.8. The molecule has 1 aromatic rings. The third-order valence-electron chi connectivity index (χ3n) is 33.4. The fraction of sp³-hybridized carbons (Fsp3) is 0.854. The van der Waals surface area contributed by atoms with E-state index >= 15 is 0 Å². The SMILES string of the molecule is C1CNC1.C=C(C)[C@@H](OC(=O)N1CCC1)[C@H]1C[C@@H](C)[C@H]2[C@H](O1)[C@H](O)[C@@]1(C)[C@@H]3CC[C@H]4C(C)(C)[C@@H](O)CCC45C[C@@]35CC[C@]21C.CC(C)[C@@H](OC(=O)N1CCC1)[C@H]1C[C@@H](C)[C@H]2[C@H](O1)[C@H](O)[C@@]1(C)[C@@H]3CC[C@H]4C(C)(C)[C@@H](OC(=O)N5CCC5)CCC45C[C@@]35CC[C@]21C.O=C(Cl)Oc1ccc([N+](=O)[O-])cc1. The summed E-state index contributed by atoms with van der Waals surface area (Å²) in [7, 11) is 0. The number of amides is 3. The Bertz CT molecular complexity index is 3410. The monoisotopic (exact) mass is 1450 g/mol. The lowest BCUT2D eigenvalue weighted by atomic mass is 9.41. The minimum atomic E-state index is -0.978. The smallest absolute Gasteiger partial charge is 0.410 e. The summed E-state index contributed by atoms with van der Waals surface area (Å²) < 4.78 is 36.8. The van der Waals surface area contributed by atoms with Crippen LogP contribution in [-0.2, 0) is 23.7 Å². The van der Waals surface area contributed by atoms with E-state index in [2.05, 4.69) is 99.7 Å². The second-order valence-electron chi connectivity index (χ2n) is 38.5. The van der Waals surface area contributed by atoms with Crippen LogP contribution in [0.1, 0.15) is 218 Å². The second-order valence-corrected chi connectivity index (χ2v) is 38.8. The van der Waals surface area contributed by atoms with E-state index in [1.54, 1.807) is 9.80 Å². The number of benzene rings is 1. The van der Waals surface area contributed by atoms with Crippen molar-refractivity contribution in [2.75, 3.05) is 52.4 Å². The van der Waals surface area contributed by atoms with E-state index in [1.165, 1.54) is 69.5 Å². The highest BCUT2D eigenvalue weighted by molar-refractivity contribution is 6.61. The Balaban J connectivity index is 0.000000143. The minimum Gasteiger partial charge on any atom is -0.446 e. The van der Waals surface area contributed by atoms with Crippen molar-refractivity contribution in [3.8, 4) is 5.75 Å². The number of nitro benzene ring substituents is 1. The number of ether oxygens (including phenoxy) is 6. The van der Waals surface area contributed by atoms with Gasteiger partial charge in [-0.3, -0.25) is 10.1 Å². The van der Waals surface area contributed by atoms with Gasteiger partial charge in [0.05, 0.1) is 47.7 Å². The Morgan fingerprint density at radius 3 is 1.48 bits per heavy atom. The van der Waals surface area contributed by atoms with Crippen LogP contribution in [0.3, 0.4) is 0 Å². The Hall–Kier alpha value is -4.31. The lowest BCUT2D eigenvalue weighted by Crippen LogP contribution is -2.60. The summed E-state index contributed by atoms with van der Waals surface area (Å²) in [6, 6.07) is 5.02. The minimum absolute atomic E-state index is 0.00469. The Morgan fingerprint density at radius 1 is 0.612 bits per heavy atom. The van der Waals surface area contributed by atoms with Crippen molar-refractivity contribution in [1.29, 1.82) is 0 Å². The number of hydrogen-bond donors (Lipinski definition) is 4. The zero-order valence-corrected chi connectivity index (χ0v) is 64.9. The van der Waals surface area contributed by atoms with E-state index in [0.29, 0.717) is 57.7 Å². The van der Waals surface area contributed by atoms with E-state index in [1.807, 2.05) is 11.8 Å². The maximum atomic E-state index is 12.9. The number of hydrogen-bond acceptors (Lipinski definition) is 16. The van der Waals surface area contributed by atoms with Gasteiger partial charge in [-0.1, -0.05) is 89.7 Å². The number of nitro groups is 1. The standard InChI is InChI=1S/C38H60N2O6.C34H53NO5.C7H4ClNO4.C3H7N/c1-22(2)29(46-33(43)40-18-9-19-40)24-20-23(3)28-30(44-24)31(41)36(7)26-11-10-25-34(4,5)27(45-32(42)39-16-8-17-39)12-13-37(25)21-38(26,37)15-14-35(28,36)6;1-19(2)26(40-29(38)35-15-8-16-35)21-17-20(3)25-27(39-21)28(37)32(7)23-10-9-22-30(4,5)24(36)11-12-33(22)18-34(23,33)14-13-31(25,32)6;8-7(10)13-6-3-1-5(2-4-6)9(11)12;1-2-4-3-1/h22-31,41H,8-21H2,1-7H3;20-28,36-37H,1,8-18H2,2-7H3;1-4H;4H,1-3H2/t23-,24-,25+,26+,27+,28+,29-,30+,31+,35-,36-,37?,38+;20-,21-,22+,23+,24+,25+,26-,27+,28+,31-,32-,33?,34+;;/m11../s1. The molecule has 21 heteroatoms. The van der Waals surface area contributed by atoms with Gasteiger partial charge in [0.1, 0.15) is 18.0 Å². The number of non-ortho nitro benzene ring substituents is 1. The van der Waals surface area contributed by atoms with Gasteiger partial charge in [0.2, 0.25) is 0 Å². The maximum absolute atomic E-state index is 12.9. The number of fused-ring (bicyclic) bond motifs is 8. The Kier molecular flexibility index (Phi) is 19.6. The highest BCUT2D eigenvalue weighted by Crippen LogP contribution is 2.91. The summed E-state index contributed by atoms with van der Waals surface area (Å²) in [6.45, 7) is 41.5. The van der Waals surface area contributed by atoms with Gasteiger partial charge in [0.25, 0.3) is 5.69 Å². The first-order chi connectivity index (χ1) is 48.5. The van der Waals surface area contributed by atoms with Gasteiger partial charge < -0.3 is 63.8 Å². The van der Waals surface area contributed by atoms with Gasteiger partial charge in [-0.15, -0.1) is 0 Å². The number of carbonyl (C=O) groups is 4. The van der Waals surface area contributed by atoms with Crippen molar-refractivity contribution in [3.05, 3.63) is 46.5 Å². The molecule has 10 aliphatic carbocycles. The molecular formula is C82H124ClN5O15. The topological polar surface area (TPSA) is 249 Å². The largest absolute Gasteiger partial charge is 0.446 e. The summed E-state index contributed by atoms with van der Waals surface area (Å²) >= 11 is 4.92. The fourth-order valence-electron chi connectivity index (χ4n) is 27.4. The highest BCUT2D eigenvalue weighted by atomic mass is 35.5. The molecule has 3 amide bonds. The Labute approximate surface area is 617 Å². The molecule has 26 atom stereocenters. The van der Waals surface area contributed by atoms with Gasteiger partial charge in [0, 0.05) is 79.2 Å². The molecule has 0 aromatic heterocycles. The summed E-state index contributed by atoms with van der Waals surface area (Å²) in [5, 5.41) is 49.3. The summed E-state index contributed by atoms with van der Waals surface area (Å²) in [5.74, 6) is 3.69. The van der Waals surface area contributed by atoms with E-state index in [9.17, 15) is 44.6 Å².